The molecule has 0 bridgehead atoms. The summed E-state index contributed by atoms with van der Waals surface area (Å²) in [7, 11) is 2.23. The van der Waals surface area contributed by atoms with E-state index in [-0.39, 0.29) is 0 Å². The summed E-state index contributed by atoms with van der Waals surface area (Å²) in [6.45, 7) is 6.72. The summed E-state index contributed by atoms with van der Waals surface area (Å²) in [5.74, 6) is 0. The van der Waals surface area contributed by atoms with E-state index in [4.69, 9.17) is 0 Å². The molecule has 1 aliphatic heterocycles. The van der Waals surface area contributed by atoms with Gasteiger partial charge in [-0.3, -0.25) is 0 Å². The van der Waals surface area contributed by atoms with E-state index in [9.17, 15) is 0 Å². The van der Waals surface area contributed by atoms with Crippen LogP contribution in [0.3, 0.4) is 0 Å². The summed E-state index contributed by atoms with van der Waals surface area (Å²) < 4.78 is 0. The number of benzene rings is 1. The molecule has 0 spiro atoms. The first-order chi connectivity index (χ1) is 8.20. The van der Waals surface area contributed by atoms with E-state index < -0.39 is 0 Å². The Morgan fingerprint density at radius 3 is 2.76 bits per heavy atom. The molecule has 1 aliphatic rings. The van der Waals surface area contributed by atoms with Crippen LogP contribution in [0.25, 0.3) is 0 Å². The summed E-state index contributed by atoms with van der Waals surface area (Å²) >= 11 is 0. The molecule has 2 unspecified atom stereocenters. The molecular formula is C15H24N2. The first-order valence-corrected chi connectivity index (χ1v) is 6.71. The van der Waals surface area contributed by atoms with Crippen LogP contribution in [0.1, 0.15) is 31.4 Å². The molecule has 0 aliphatic carbocycles. The van der Waals surface area contributed by atoms with E-state index in [0.717, 1.165) is 19.5 Å². The molecule has 2 rings (SSSR count). The molecule has 0 aromatic heterocycles. The van der Waals surface area contributed by atoms with Crippen LogP contribution in [-0.2, 0) is 13.0 Å². The lowest BCUT2D eigenvalue weighted by Gasteiger charge is -2.32. The van der Waals surface area contributed by atoms with Crippen LogP contribution in [-0.4, -0.2) is 30.6 Å². The minimum atomic E-state index is 0.601. The molecule has 2 atom stereocenters. The zero-order valence-electron chi connectivity index (χ0n) is 11.2. The molecule has 0 saturated carbocycles. The van der Waals surface area contributed by atoms with E-state index >= 15 is 0 Å². The van der Waals surface area contributed by atoms with E-state index in [0.29, 0.717) is 12.1 Å². The Balaban J connectivity index is 1.94. The molecule has 0 fully saturated rings. The van der Waals surface area contributed by atoms with Crippen molar-refractivity contribution >= 4 is 0 Å². The Morgan fingerprint density at radius 2 is 2.06 bits per heavy atom. The van der Waals surface area contributed by atoms with E-state index in [1.54, 1.807) is 0 Å². The fourth-order valence-electron chi connectivity index (χ4n) is 2.49. The molecule has 1 heterocycles. The minimum Gasteiger partial charge on any atom is -0.308 e. The first kappa shape index (κ1) is 12.6. The maximum atomic E-state index is 3.64. The van der Waals surface area contributed by atoms with Gasteiger partial charge in [0, 0.05) is 25.2 Å². The highest BCUT2D eigenvalue weighted by molar-refractivity contribution is 5.29. The van der Waals surface area contributed by atoms with Crippen LogP contribution >= 0.6 is 0 Å². The van der Waals surface area contributed by atoms with Crippen LogP contribution in [0, 0.1) is 0 Å². The van der Waals surface area contributed by atoms with Crippen molar-refractivity contribution in [2.24, 2.45) is 0 Å². The fourth-order valence-corrected chi connectivity index (χ4v) is 2.49. The van der Waals surface area contributed by atoms with Gasteiger partial charge in [0.15, 0.2) is 0 Å². The van der Waals surface area contributed by atoms with E-state index in [1.807, 2.05) is 0 Å². The Labute approximate surface area is 105 Å². The quantitative estimate of drug-likeness (QED) is 0.857. The maximum absolute atomic E-state index is 3.64. The molecule has 1 N–H and O–H groups in total. The van der Waals surface area contributed by atoms with Crippen molar-refractivity contribution in [3.05, 3.63) is 35.4 Å². The van der Waals surface area contributed by atoms with Crippen molar-refractivity contribution in [1.29, 1.82) is 0 Å². The van der Waals surface area contributed by atoms with Gasteiger partial charge in [0.25, 0.3) is 0 Å². The second kappa shape index (κ2) is 5.65. The summed E-state index contributed by atoms with van der Waals surface area (Å²) in [4.78, 5) is 2.46. The zero-order chi connectivity index (χ0) is 12.3. The van der Waals surface area contributed by atoms with Crippen LogP contribution < -0.4 is 5.32 Å². The van der Waals surface area contributed by atoms with Gasteiger partial charge in [-0.15, -0.1) is 0 Å². The van der Waals surface area contributed by atoms with Crippen molar-refractivity contribution in [3.8, 4) is 0 Å². The molecule has 2 heteroatoms. The summed E-state index contributed by atoms with van der Waals surface area (Å²) in [6, 6.07) is 10.1. The van der Waals surface area contributed by atoms with Gasteiger partial charge in [0.1, 0.15) is 0 Å². The average Bonchev–Trinajstić information content (AvgIpc) is 2.37. The third-order valence-corrected chi connectivity index (χ3v) is 4.02. The van der Waals surface area contributed by atoms with Crippen molar-refractivity contribution < 1.29 is 0 Å². The Hall–Kier alpha value is -0.860. The van der Waals surface area contributed by atoms with Crippen molar-refractivity contribution in [3.63, 3.8) is 0 Å². The van der Waals surface area contributed by atoms with Gasteiger partial charge in [0.05, 0.1) is 0 Å². The highest BCUT2D eigenvalue weighted by Crippen LogP contribution is 2.17. The van der Waals surface area contributed by atoms with Crippen molar-refractivity contribution in [2.45, 2.75) is 45.3 Å². The third-order valence-electron chi connectivity index (χ3n) is 4.02. The van der Waals surface area contributed by atoms with Crippen molar-refractivity contribution in [1.82, 2.24) is 10.2 Å². The molecule has 0 amide bonds. The lowest BCUT2D eigenvalue weighted by Crippen LogP contribution is -2.45. The number of fused-ring (bicyclic) bond motifs is 1. The largest absolute Gasteiger partial charge is 0.308 e. The van der Waals surface area contributed by atoms with Gasteiger partial charge in [-0.05, 0) is 37.9 Å². The van der Waals surface area contributed by atoms with Crippen LogP contribution in [0.4, 0.5) is 0 Å². The average molecular weight is 232 g/mol. The predicted octanol–water partition coefficient (Wildman–Crippen LogP) is 2.43. The molecular weight excluding hydrogens is 208 g/mol. The molecule has 0 radical (unpaired) electrons. The number of hydrogen-bond donors (Lipinski definition) is 1. The molecule has 94 valence electrons. The van der Waals surface area contributed by atoms with Gasteiger partial charge in [0.2, 0.25) is 0 Å². The van der Waals surface area contributed by atoms with Gasteiger partial charge in [-0.2, -0.15) is 0 Å². The topological polar surface area (TPSA) is 15.3 Å². The van der Waals surface area contributed by atoms with Gasteiger partial charge < -0.3 is 10.2 Å². The Morgan fingerprint density at radius 1 is 1.35 bits per heavy atom. The molecule has 0 saturated heterocycles. The Kier molecular flexibility index (Phi) is 4.19. The molecule has 17 heavy (non-hydrogen) atoms. The third kappa shape index (κ3) is 3.08. The maximum Gasteiger partial charge on any atom is 0.0238 e. The Bertz CT molecular complexity index is 362. The van der Waals surface area contributed by atoms with Gasteiger partial charge >= 0.3 is 0 Å². The second-order valence-corrected chi connectivity index (χ2v) is 5.25. The minimum absolute atomic E-state index is 0.601. The van der Waals surface area contributed by atoms with E-state index in [1.165, 1.54) is 17.5 Å². The number of likely N-dealkylation sites (N-methyl/N-ethyl adjacent to an activating group) is 1. The van der Waals surface area contributed by atoms with Crippen LogP contribution in [0.5, 0.6) is 0 Å². The lowest BCUT2D eigenvalue weighted by molar-refractivity contribution is 0.219. The number of nitrogens with zero attached hydrogens (tertiary/aromatic N) is 1. The highest BCUT2D eigenvalue weighted by atomic mass is 15.1. The van der Waals surface area contributed by atoms with Crippen LogP contribution in [0.2, 0.25) is 0 Å². The first-order valence-electron chi connectivity index (χ1n) is 6.71. The normalized spacial score (nSPS) is 21.3. The monoisotopic (exact) mass is 232 g/mol. The van der Waals surface area contributed by atoms with E-state index in [2.05, 4.69) is 55.4 Å². The van der Waals surface area contributed by atoms with Crippen LogP contribution in [0.15, 0.2) is 24.3 Å². The standard InChI is InChI=1S/C15H24N2/c1-4-12(2)17(3)11-15-9-13-7-5-6-8-14(13)10-16-15/h5-8,12,15-16H,4,9-11H2,1-3H3. The van der Waals surface area contributed by atoms with Gasteiger partial charge in [-0.25, -0.2) is 0 Å². The molecule has 1 aromatic carbocycles. The lowest BCUT2D eigenvalue weighted by atomic mass is 9.95. The number of hydrogen-bond acceptors (Lipinski definition) is 2. The number of nitrogens with one attached hydrogen (secondary N) is 1. The van der Waals surface area contributed by atoms with Crippen molar-refractivity contribution in [2.75, 3.05) is 13.6 Å². The molecule has 1 aromatic rings. The number of rotatable bonds is 4. The SMILES string of the molecule is CCC(C)N(C)CC1Cc2ccccc2CN1. The zero-order valence-corrected chi connectivity index (χ0v) is 11.2. The predicted molar refractivity (Wildman–Crippen MR) is 73.2 cm³/mol. The highest BCUT2D eigenvalue weighted by Gasteiger charge is 2.19. The second-order valence-electron chi connectivity index (χ2n) is 5.25. The smallest absolute Gasteiger partial charge is 0.0238 e. The summed E-state index contributed by atoms with van der Waals surface area (Å²) in [5, 5.41) is 3.64. The fraction of sp³-hybridized carbons (Fsp3) is 0.600. The van der Waals surface area contributed by atoms with Gasteiger partial charge in [-0.1, -0.05) is 31.2 Å². The summed E-state index contributed by atoms with van der Waals surface area (Å²) in [5.41, 5.74) is 2.99. The molecule has 2 nitrogen and oxygen atoms in total. The summed E-state index contributed by atoms with van der Waals surface area (Å²) in [6.07, 6.45) is 2.39.